The number of nitrogens with zero attached hydrogens (tertiary/aromatic N) is 1. The van der Waals surface area contributed by atoms with Crippen molar-refractivity contribution in [1.82, 2.24) is 0 Å². The van der Waals surface area contributed by atoms with E-state index in [4.69, 9.17) is 0 Å². The Hall–Kier alpha value is -2.54. The van der Waals surface area contributed by atoms with Crippen LogP contribution in [0.25, 0.3) is 16.8 Å². The molecule has 0 fully saturated rings. The van der Waals surface area contributed by atoms with Gasteiger partial charge in [0, 0.05) is 18.9 Å². The summed E-state index contributed by atoms with van der Waals surface area (Å²) in [4.78, 5) is 2.14. The van der Waals surface area contributed by atoms with E-state index in [1.807, 2.05) is 6.07 Å². The molecule has 0 radical (unpaired) electrons. The van der Waals surface area contributed by atoms with E-state index in [0.717, 1.165) is 6.42 Å². The first-order valence-corrected chi connectivity index (χ1v) is 7.76. The van der Waals surface area contributed by atoms with Crippen LogP contribution in [0.15, 0.2) is 72.9 Å². The van der Waals surface area contributed by atoms with E-state index in [0.29, 0.717) is 0 Å². The largest absolute Gasteiger partial charge is 0.351 e. The average Bonchev–Trinajstić information content (AvgIpc) is 2.60. The highest BCUT2D eigenvalue weighted by Crippen LogP contribution is 2.24. The van der Waals surface area contributed by atoms with Crippen molar-refractivity contribution in [3.05, 3.63) is 84.1 Å². The molecule has 1 nitrogen and oxygen atoms in total. The Balaban J connectivity index is 1.96. The monoisotopic (exact) mass is 287 g/mol. The minimum Gasteiger partial charge on any atom is -0.351 e. The lowest BCUT2D eigenvalue weighted by Gasteiger charge is -2.14. The molecule has 3 aromatic rings. The van der Waals surface area contributed by atoms with Gasteiger partial charge in [0.25, 0.3) is 0 Å². The van der Waals surface area contributed by atoms with Gasteiger partial charge in [-0.1, -0.05) is 61.5 Å². The first-order valence-electron chi connectivity index (χ1n) is 7.76. The van der Waals surface area contributed by atoms with Gasteiger partial charge in [-0.15, -0.1) is 0 Å². The standard InChI is InChI=1S/C21H21N/c1-3-17-13-14-18(21-12-8-7-11-20(17)21)15-16-22(2)19-9-5-4-6-10-19/h4-16H,3H2,1-2H3/b16-15+. The molecule has 0 aliphatic rings. The maximum Gasteiger partial charge on any atom is 0.0403 e. The van der Waals surface area contributed by atoms with Crippen LogP contribution in [-0.4, -0.2) is 7.05 Å². The van der Waals surface area contributed by atoms with Gasteiger partial charge in [0.2, 0.25) is 0 Å². The third-order valence-electron chi connectivity index (χ3n) is 4.07. The van der Waals surface area contributed by atoms with E-state index < -0.39 is 0 Å². The topological polar surface area (TPSA) is 3.24 Å². The van der Waals surface area contributed by atoms with Crippen LogP contribution in [-0.2, 0) is 6.42 Å². The highest BCUT2D eigenvalue weighted by molar-refractivity contribution is 5.93. The van der Waals surface area contributed by atoms with Gasteiger partial charge in [-0.3, -0.25) is 0 Å². The van der Waals surface area contributed by atoms with Gasteiger partial charge in [0.15, 0.2) is 0 Å². The van der Waals surface area contributed by atoms with E-state index in [-0.39, 0.29) is 0 Å². The molecule has 3 rings (SSSR count). The van der Waals surface area contributed by atoms with Crippen LogP contribution in [0.4, 0.5) is 5.69 Å². The SMILES string of the molecule is CCc1ccc(/C=C/N(C)c2ccccc2)c2ccccc12. The Labute approximate surface area is 132 Å². The second-order valence-electron chi connectivity index (χ2n) is 5.48. The van der Waals surface area contributed by atoms with Crippen LogP contribution in [0, 0.1) is 0 Å². The van der Waals surface area contributed by atoms with Crippen LogP contribution >= 0.6 is 0 Å². The Morgan fingerprint density at radius 1 is 0.818 bits per heavy atom. The zero-order chi connectivity index (χ0) is 15.4. The summed E-state index contributed by atoms with van der Waals surface area (Å²) in [6.07, 6.45) is 5.38. The van der Waals surface area contributed by atoms with Crippen molar-refractivity contribution in [1.29, 1.82) is 0 Å². The summed E-state index contributed by atoms with van der Waals surface area (Å²) < 4.78 is 0. The minimum atomic E-state index is 1.06. The third kappa shape index (κ3) is 2.89. The van der Waals surface area contributed by atoms with Crippen molar-refractivity contribution in [3.8, 4) is 0 Å². The highest BCUT2D eigenvalue weighted by Gasteiger charge is 2.03. The summed E-state index contributed by atoms with van der Waals surface area (Å²) in [5, 5.41) is 2.68. The molecular formula is C21H21N. The predicted molar refractivity (Wildman–Crippen MR) is 97.2 cm³/mol. The number of anilines is 1. The lowest BCUT2D eigenvalue weighted by Crippen LogP contribution is -2.06. The summed E-state index contributed by atoms with van der Waals surface area (Å²) in [6.45, 7) is 2.21. The molecule has 0 aliphatic heterocycles. The summed E-state index contributed by atoms with van der Waals surface area (Å²) in [5.41, 5.74) is 3.85. The first-order chi connectivity index (χ1) is 10.8. The second-order valence-corrected chi connectivity index (χ2v) is 5.48. The molecule has 0 atom stereocenters. The van der Waals surface area contributed by atoms with Gasteiger partial charge in [-0.05, 0) is 46.5 Å². The Morgan fingerprint density at radius 3 is 2.23 bits per heavy atom. The Kier molecular flexibility index (Phi) is 4.24. The number of hydrogen-bond donors (Lipinski definition) is 0. The van der Waals surface area contributed by atoms with E-state index in [1.165, 1.54) is 27.6 Å². The molecular weight excluding hydrogens is 266 g/mol. The highest BCUT2D eigenvalue weighted by atomic mass is 15.1. The molecule has 0 amide bonds. The second kappa shape index (κ2) is 6.48. The smallest absolute Gasteiger partial charge is 0.0403 e. The molecule has 0 aromatic heterocycles. The molecule has 0 N–H and O–H groups in total. The first kappa shape index (κ1) is 14.4. The number of hydrogen-bond acceptors (Lipinski definition) is 1. The molecule has 0 aliphatic carbocycles. The maximum absolute atomic E-state index is 2.24. The van der Waals surface area contributed by atoms with Crippen molar-refractivity contribution >= 4 is 22.5 Å². The number of aryl methyl sites for hydroxylation is 1. The molecule has 0 saturated heterocycles. The zero-order valence-corrected chi connectivity index (χ0v) is 13.2. The van der Waals surface area contributed by atoms with Crippen LogP contribution in [0.3, 0.4) is 0 Å². The molecule has 0 heterocycles. The molecule has 3 aromatic carbocycles. The van der Waals surface area contributed by atoms with Crippen LogP contribution in [0.1, 0.15) is 18.1 Å². The van der Waals surface area contributed by atoms with E-state index >= 15 is 0 Å². The van der Waals surface area contributed by atoms with Crippen molar-refractivity contribution in [2.24, 2.45) is 0 Å². The average molecular weight is 287 g/mol. The Morgan fingerprint density at radius 2 is 1.50 bits per heavy atom. The quantitative estimate of drug-likeness (QED) is 0.611. The lowest BCUT2D eigenvalue weighted by molar-refractivity contribution is 1.16. The molecule has 0 saturated carbocycles. The number of fused-ring (bicyclic) bond motifs is 1. The van der Waals surface area contributed by atoms with Crippen molar-refractivity contribution in [3.63, 3.8) is 0 Å². The van der Waals surface area contributed by atoms with Crippen molar-refractivity contribution in [2.75, 3.05) is 11.9 Å². The molecule has 110 valence electrons. The molecule has 22 heavy (non-hydrogen) atoms. The Bertz CT molecular complexity index is 787. The van der Waals surface area contributed by atoms with Gasteiger partial charge >= 0.3 is 0 Å². The van der Waals surface area contributed by atoms with Gasteiger partial charge in [0.1, 0.15) is 0 Å². The lowest BCUT2D eigenvalue weighted by atomic mass is 9.98. The minimum absolute atomic E-state index is 1.06. The fourth-order valence-corrected chi connectivity index (χ4v) is 2.78. The third-order valence-corrected chi connectivity index (χ3v) is 4.07. The molecule has 0 unspecified atom stereocenters. The summed E-state index contributed by atoms with van der Waals surface area (Å²) in [5.74, 6) is 0. The fourth-order valence-electron chi connectivity index (χ4n) is 2.78. The number of benzene rings is 3. The van der Waals surface area contributed by atoms with E-state index in [1.54, 1.807) is 0 Å². The van der Waals surface area contributed by atoms with Crippen LogP contribution in [0.5, 0.6) is 0 Å². The van der Waals surface area contributed by atoms with Gasteiger partial charge < -0.3 is 4.90 Å². The summed E-state index contributed by atoms with van der Waals surface area (Å²) >= 11 is 0. The molecule has 1 heteroatoms. The normalized spacial score (nSPS) is 11.2. The molecule has 0 spiro atoms. The summed E-state index contributed by atoms with van der Waals surface area (Å²) in [7, 11) is 2.08. The fraction of sp³-hybridized carbons (Fsp3) is 0.143. The van der Waals surface area contributed by atoms with Crippen LogP contribution in [0.2, 0.25) is 0 Å². The van der Waals surface area contributed by atoms with Crippen molar-refractivity contribution in [2.45, 2.75) is 13.3 Å². The molecule has 0 bridgehead atoms. The van der Waals surface area contributed by atoms with Gasteiger partial charge in [-0.25, -0.2) is 0 Å². The predicted octanol–water partition coefficient (Wildman–Crippen LogP) is 5.51. The maximum atomic E-state index is 2.24. The van der Waals surface area contributed by atoms with Gasteiger partial charge in [0.05, 0.1) is 0 Å². The van der Waals surface area contributed by atoms with Crippen LogP contribution < -0.4 is 4.90 Å². The van der Waals surface area contributed by atoms with E-state index in [2.05, 4.69) is 91.8 Å². The number of para-hydroxylation sites is 1. The van der Waals surface area contributed by atoms with Gasteiger partial charge in [-0.2, -0.15) is 0 Å². The number of rotatable bonds is 4. The summed E-state index contributed by atoms with van der Waals surface area (Å²) in [6, 6.07) is 23.5. The van der Waals surface area contributed by atoms with Crippen molar-refractivity contribution < 1.29 is 0 Å². The van der Waals surface area contributed by atoms with E-state index in [9.17, 15) is 0 Å². The zero-order valence-electron chi connectivity index (χ0n) is 13.2.